The van der Waals surface area contributed by atoms with Crippen molar-refractivity contribution in [3.8, 4) is 0 Å². The summed E-state index contributed by atoms with van der Waals surface area (Å²) in [6.07, 6.45) is -1.06. The number of aryl methyl sites for hydroxylation is 1. The Hall–Kier alpha value is -4.12. The monoisotopic (exact) mass is 537 g/mol. The van der Waals surface area contributed by atoms with Gasteiger partial charge in [0.1, 0.15) is 7.11 Å². The molecule has 1 heterocycles. The molecule has 1 atom stereocenters. The maximum atomic E-state index is 14.1. The Bertz CT molecular complexity index is 1420. The minimum atomic E-state index is -4.12. The Morgan fingerprint density at radius 1 is 1.00 bits per heavy atom. The molecule has 11 heteroatoms. The van der Waals surface area contributed by atoms with E-state index in [0.29, 0.717) is 16.9 Å². The molecule has 0 fully saturated rings. The van der Waals surface area contributed by atoms with Crippen molar-refractivity contribution in [2.45, 2.75) is 31.8 Å². The number of benzene rings is 3. The van der Waals surface area contributed by atoms with Gasteiger partial charge in [0, 0.05) is 18.8 Å². The molecule has 3 aromatic rings. The van der Waals surface area contributed by atoms with Crippen LogP contribution in [0.4, 0.5) is 17.1 Å². The number of hydroxylamine groups is 1. The maximum Gasteiger partial charge on any atom is 0.298 e. The number of carbonyl (C=O) groups excluding carboxylic acids is 1. The number of sulfonamides is 1. The van der Waals surface area contributed by atoms with Gasteiger partial charge >= 0.3 is 0 Å². The predicted molar refractivity (Wildman–Crippen MR) is 145 cm³/mol. The molecule has 4 rings (SSSR count). The third-order valence-corrected chi connectivity index (χ3v) is 8.24. The van der Waals surface area contributed by atoms with E-state index in [0.717, 1.165) is 24.3 Å². The van der Waals surface area contributed by atoms with Gasteiger partial charge in [-0.15, -0.1) is 0 Å². The number of rotatable bonds is 9. The summed E-state index contributed by atoms with van der Waals surface area (Å²) < 4.78 is 29.5. The van der Waals surface area contributed by atoms with E-state index in [4.69, 9.17) is 0 Å². The van der Waals surface area contributed by atoms with Crippen molar-refractivity contribution in [3.05, 3.63) is 89.1 Å². The van der Waals surface area contributed by atoms with E-state index in [2.05, 4.69) is 28.9 Å². The number of carbonyl (C=O) groups is 1. The molecule has 1 amide bonds. The predicted octanol–water partition coefficient (Wildman–Crippen LogP) is 4.61. The van der Waals surface area contributed by atoms with Crippen LogP contribution >= 0.6 is 0 Å². The Morgan fingerprint density at radius 2 is 1.61 bits per heavy atom. The topological polar surface area (TPSA) is 109 Å². The summed E-state index contributed by atoms with van der Waals surface area (Å²) in [6.45, 7) is 6.95. The number of para-hydroxylation sites is 2. The van der Waals surface area contributed by atoms with Crippen molar-refractivity contribution in [3.63, 3.8) is 0 Å². The van der Waals surface area contributed by atoms with Crippen LogP contribution in [0.3, 0.4) is 0 Å². The lowest BCUT2D eigenvalue weighted by molar-refractivity contribution is -0.546. The molecular weight excluding hydrogens is 506 g/mol. The van der Waals surface area contributed by atoms with Gasteiger partial charge in [0.05, 0.1) is 16.3 Å². The van der Waals surface area contributed by atoms with Crippen LogP contribution in [0.15, 0.2) is 83.0 Å². The van der Waals surface area contributed by atoms with Crippen LogP contribution in [0.1, 0.15) is 31.1 Å². The van der Waals surface area contributed by atoms with E-state index < -0.39 is 28.6 Å². The highest BCUT2D eigenvalue weighted by Crippen LogP contribution is 2.49. The first kappa shape index (κ1) is 26.9. The van der Waals surface area contributed by atoms with E-state index in [1.54, 1.807) is 48.5 Å². The fourth-order valence-corrected chi connectivity index (χ4v) is 6.22. The molecule has 0 N–H and O–H groups in total. The van der Waals surface area contributed by atoms with E-state index >= 15 is 0 Å². The highest BCUT2D eigenvalue weighted by Gasteiger charge is 2.47. The number of hydrogen-bond donors (Lipinski definition) is 0. The van der Waals surface area contributed by atoms with Crippen molar-refractivity contribution in [2.75, 3.05) is 40.8 Å². The van der Waals surface area contributed by atoms with E-state index in [9.17, 15) is 18.4 Å². The van der Waals surface area contributed by atoms with Crippen LogP contribution in [-0.2, 0) is 19.7 Å². The van der Waals surface area contributed by atoms with E-state index in [-0.39, 0.29) is 9.76 Å². The Kier molecular flexibility index (Phi) is 7.86. The van der Waals surface area contributed by atoms with Crippen LogP contribution in [0.25, 0.3) is 0 Å². The first-order valence-corrected chi connectivity index (χ1v) is 13.7. The van der Waals surface area contributed by atoms with Gasteiger partial charge in [-0.05, 0) is 67.6 Å². The first-order chi connectivity index (χ1) is 18.2. The van der Waals surface area contributed by atoms with Crippen molar-refractivity contribution in [1.82, 2.24) is 0 Å². The van der Waals surface area contributed by atoms with Gasteiger partial charge in [-0.25, -0.2) is 12.7 Å². The summed E-state index contributed by atoms with van der Waals surface area (Å²) in [5.74, 6) is -0.632. The summed E-state index contributed by atoms with van der Waals surface area (Å²) >= 11 is 0. The highest BCUT2D eigenvalue weighted by atomic mass is 32.2. The lowest BCUT2D eigenvalue weighted by atomic mass is 10.1. The first-order valence-electron chi connectivity index (χ1n) is 12.3. The number of nitrogens with zero attached hydrogens (tertiary/aromatic N) is 5. The zero-order chi connectivity index (χ0) is 27.4. The molecule has 0 saturated carbocycles. The molecule has 0 aliphatic carbocycles. The number of amides is 1. The van der Waals surface area contributed by atoms with Crippen LogP contribution in [0, 0.1) is 12.1 Å². The van der Waals surface area contributed by atoms with Crippen molar-refractivity contribution >= 4 is 33.0 Å². The van der Waals surface area contributed by atoms with Gasteiger partial charge in [0.15, 0.2) is 11.4 Å². The molecule has 1 aliphatic rings. The number of hydrogen-bond acceptors (Lipinski definition) is 7. The summed E-state index contributed by atoms with van der Waals surface area (Å²) in [6, 6.07) is 20.8. The minimum absolute atomic E-state index is 0.0943. The Balaban J connectivity index is 1.89. The van der Waals surface area contributed by atoms with Crippen LogP contribution in [0.5, 0.6) is 0 Å². The quantitative estimate of drug-likeness (QED) is 0.224. The molecule has 38 heavy (non-hydrogen) atoms. The van der Waals surface area contributed by atoms with Gasteiger partial charge < -0.3 is 14.9 Å². The summed E-state index contributed by atoms with van der Waals surface area (Å²) in [4.78, 5) is 21.8. The minimum Gasteiger partial charge on any atom is -0.597 e. The lowest BCUT2D eigenvalue weighted by Crippen LogP contribution is -2.44. The molecule has 0 aromatic heterocycles. The second-order valence-corrected chi connectivity index (χ2v) is 10.6. The molecule has 0 saturated heterocycles. The number of fused-ring (bicyclic) bond motifs is 1. The SMILES string of the molecule is CCN(CC)c1ccc(C2N(C(=O)C/[N+]([O-])=N/OC)c3ccccc3N2S(=O)(=O)c2ccc(C)cc2)cc1. The smallest absolute Gasteiger partial charge is 0.298 e. The molecule has 200 valence electrons. The Labute approximate surface area is 222 Å². The average Bonchev–Trinajstić information content (AvgIpc) is 3.26. The van der Waals surface area contributed by atoms with Gasteiger partial charge in [0.2, 0.25) is 0 Å². The van der Waals surface area contributed by atoms with Crippen molar-refractivity contribution in [1.29, 1.82) is 0 Å². The maximum absolute atomic E-state index is 14.1. The third kappa shape index (κ3) is 5.01. The van der Waals surface area contributed by atoms with Gasteiger partial charge in [-0.2, -0.15) is 0 Å². The van der Waals surface area contributed by atoms with Gasteiger partial charge in [0.25, 0.3) is 22.5 Å². The van der Waals surface area contributed by atoms with Gasteiger partial charge in [-0.1, -0.05) is 42.0 Å². The lowest BCUT2D eigenvalue weighted by Gasteiger charge is -2.31. The zero-order valence-corrected chi connectivity index (χ0v) is 22.6. The fraction of sp³-hybridized carbons (Fsp3) is 0.296. The molecule has 3 aromatic carbocycles. The molecule has 10 nitrogen and oxygen atoms in total. The molecular formula is C27H31N5O5S. The van der Waals surface area contributed by atoms with Crippen molar-refractivity contribution in [2.24, 2.45) is 5.28 Å². The fourth-order valence-electron chi connectivity index (χ4n) is 4.62. The third-order valence-electron chi connectivity index (χ3n) is 6.45. The molecule has 1 unspecified atom stereocenters. The Morgan fingerprint density at radius 3 is 2.18 bits per heavy atom. The zero-order valence-electron chi connectivity index (χ0n) is 21.8. The molecule has 0 bridgehead atoms. The van der Waals surface area contributed by atoms with E-state index in [1.807, 2.05) is 31.2 Å². The highest BCUT2D eigenvalue weighted by molar-refractivity contribution is 7.92. The standard InChI is InChI=1S/C27H31N5O5S/c1-5-29(6-2)22-15-13-21(14-16-22)27-31(26(33)19-30(34)28-37-4)24-9-7-8-10-25(24)32(27)38(35,36)23-17-11-20(3)12-18-23/h7-18,27H,5-6,19H2,1-4H3/b30-28-. The van der Waals surface area contributed by atoms with Crippen LogP contribution in [-0.4, -0.2) is 45.9 Å². The summed E-state index contributed by atoms with van der Waals surface area (Å²) in [5.41, 5.74) is 3.17. The average molecular weight is 538 g/mol. The van der Waals surface area contributed by atoms with Crippen LogP contribution in [0.2, 0.25) is 0 Å². The normalized spacial score (nSPS) is 15.4. The van der Waals surface area contributed by atoms with Crippen molar-refractivity contribution < 1.29 is 22.9 Å². The molecule has 0 radical (unpaired) electrons. The second-order valence-electron chi connectivity index (χ2n) is 8.78. The second kappa shape index (κ2) is 11.1. The molecule has 0 spiro atoms. The summed E-state index contributed by atoms with van der Waals surface area (Å²) in [5, 5.41) is 15.4. The largest absolute Gasteiger partial charge is 0.597 e. The summed E-state index contributed by atoms with van der Waals surface area (Å²) in [7, 11) is -2.91. The van der Waals surface area contributed by atoms with E-state index in [1.165, 1.54) is 16.3 Å². The molecule has 1 aliphatic heterocycles. The number of anilines is 3. The van der Waals surface area contributed by atoms with Crippen LogP contribution < -0.4 is 14.1 Å². The van der Waals surface area contributed by atoms with Gasteiger partial charge in [-0.3, -0.25) is 9.69 Å².